The van der Waals surface area contributed by atoms with Gasteiger partial charge in [0.05, 0.1) is 6.61 Å². The highest BCUT2D eigenvalue weighted by Gasteiger charge is 2.28. The number of benzene rings is 1. The summed E-state index contributed by atoms with van der Waals surface area (Å²) in [6.07, 6.45) is 6.10. The minimum absolute atomic E-state index is 0.117. The fourth-order valence-electron chi connectivity index (χ4n) is 2.82. The first-order valence-corrected chi connectivity index (χ1v) is 6.82. The van der Waals surface area contributed by atoms with Crippen molar-refractivity contribution in [2.45, 2.75) is 31.3 Å². The van der Waals surface area contributed by atoms with E-state index in [1.165, 1.54) is 5.56 Å². The van der Waals surface area contributed by atoms with E-state index in [1.807, 2.05) is 39.7 Å². The van der Waals surface area contributed by atoms with Gasteiger partial charge in [0, 0.05) is 36.5 Å². The summed E-state index contributed by atoms with van der Waals surface area (Å²) >= 11 is 0. The lowest BCUT2D eigenvalue weighted by Crippen LogP contribution is -2.26. The maximum atomic E-state index is 12.2. The van der Waals surface area contributed by atoms with Gasteiger partial charge in [-0.3, -0.25) is 9.13 Å². The zero-order valence-electron chi connectivity index (χ0n) is 10.7. The van der Waals surface area contributed by atoms with E-state index in [4.69, 9.17) is 4.74 Å². The Labute approximate surface area is 111 Å². The summed E-state index contributed by atoms with van der Waals surface area (Å²) in [5.74, 6) is 1.24. The Bertz CT molecular complexity index is 667. The largest absolute Gasteiger partial charge is 0.493 e. The molecule has 1 aliphatic heterocycles. The molecule has 1 unspecified atom stereocenters. The molecule has 0 bridgehead atoms. The zero-order valence-corrected chi connectivity index (χ0v) is 10.7. The minimum Gasteiger partial charge on any atom is -0.493 e. The van der Waals surface area contributed by atoms with Crippen LogP contribution in [-0.4, -0.2) is 15.7 Å². The summed E-state index contributed by atoms with van der Waals surface area (Å²) in [5.41, 5.74) is 1.33. The second-order valence-corrected chi connectivity index (χ2v) is 5.42. The van der Waals surface area contributed by atoms with Gasteiger partial charge in [-0.25, -0.2) is 4.79 Å². The van der Waals surface area contributed by atoms with Crippen LogP contribution in [0.1, 0.15) is 30.4 Å². The van der Waals surface area contributed by atoms with Crippen LogP contribution in [0.25, 0.3) is 0 Å². The highest BCUT2D eigenvalue weighted by Crippen LogP contribution is 2.35. The Morgan fingerprint density at radius 1 is 1.21 bits per heavy atom. The summed E-state index contributed by atoms with van der Waals surface area (Å²) in [4.78, 5) is 12.2. The van der Waals surface area contributed by atoms with E-state index >= 15 is 0 Å². The Morgan fingerprint density at radius 3 is 2.89 bits per heavy atom. The molecular formula is C15H16N2O2. The Morgan fingerprint density at radius 2 is 2.05 bits per heavy atom. The second-order valence-electron chi connectivity index (χ2n) is 5.42. The minimum atomic E-state index is 0.117. The molecule has 2 heterocycles. The van der Waals surface area contributed by atoms with Crippen LogP contribution in [0.5, 0.6) is 5.75 Å². The van der Waals surface area contributed by atoms with Crippen molar-refractivity contribution in [1.29, 1.82) is 0 Å². The third-order valence-corrected chi connectivity index (χ3v) is 4.03. The predicted molar refractivity (Wildman–Crippen MR) is 71.6 cm³/mol. The highest BCUT2D eigenvalue weighted by molar-refractivity contribution is 5.39. The van der Waals surface area contributed by atoms with Crippen molar-refractivity contribution < 1.29 is 4.74 Å². The van der Waals surface area contributed by atoms with Gasteiger partial charge < -0.3 is 4.74 Å². The molecule has 0 spiro atoms. The molecule has 1 atom stereocenters. The maximum absolute atomic E-state index is 12.2. The number of hydrogen-bond donors (Lipinski definition) is 0. The molecule has 0 radical (unpaired) electrons. The Balaban J connectivity index is 1.61. The van der Waals surface area contributed by atoms with Crippen LogP contribution in [-0.2, 0) is 6.54 Å². The molecule has 1 fully saturated rings. The molecule has 2 aromatic rings. The van der Waals surface area contributed by atoms with Gasteiger partial charge in [0.2, 0.25) is 0 Å². The third kappa shape index (κ3) is 1.79. The lowest BCUT2D eigenvalue weighted by molar-refractivity contribution is 0.317. The van der Waals surface area contributed by atoms with Crippen LogP contribution >= 0.6 is 0 Å². The van der Waals surface area contributed by atoms with E-state index in [9.17, 15) is 4.79 Å². The first kappa shape index (κ1) is 10.9. The molecule has 98 valence electrons. The van der Waals surface area contributed by atoms with Crippen LogP contribution in [0.15, 0.2) is 41.5 Å². The Kier molecular flexibility index (Phi) is 2.31. The van der Waals surface area contributed by atoms with Crippen molar-refractivity contribution in [2.75, 3.05) is 6.61 Å². The van der Waals surface area contributed by atoms with E-state index in [0.717, 1.165) is 18.6 Å². The van der Waals surface area contributed by atoms with Gasteiger partial charge in [0.15, 0.2) is 0 Å². The molecule has 0 N–H and O–H groups in total. The molecule has 4 nitrogen and oxygen atoms in total. The van der Waals surface area contributed by atoms with Crippen LogP contribution in [0.2, 0.25) is 0 Å². The van der Waals surface area contributed by atoms with Crippen LogP contribution in [0.3, 0.4) is 0 Å². The lowest BCUT2D eigenvalue weighted by Gasteiger charge is -2.08. The van der Waals surface area contributed by atoms with Crippen LogP contribution < -0.4 is 10.4 Å². The van der Waals surface area contributed by atoms with E-state index in [-0.39, 0.29) is 11.6 Å². The molecule has 1 aromatic heterocycles. The standard InChI is InChI=1S/C15H16N2O2/c18-15-16(7-8-17(15)12-5-6-12)9-11-10-19-14-4-2-1-3-13(11)14/h1-4,7-8,11-12H,5-6,9-10H2. The topological polar surface area (TPSA) is 36.2 Å². The number of fused-ring (bicyclic) bond motifs is 1. The van der Waals surface area contributed by atoms with Crippen molar-refractivity contribution in [3.05, 3.63) is 52.7 Å². The van der Waals surface area contributed by atoms with Gasteiger partial charge in [-0.2, -0.15) is 0 Å². The molecule has 4 rings (SSSR count). The fourth-order valence-corrected chi connectivity index (χ4v) is 2.82. The predicted octanol–water partition coefficient (Wildman–Crippen LogP) is 2.16. The number of rotatable bonds is 3. The van der Waals surface area contributed by atoms with Crippen molar-refractivity contribution in [2.24, 2.45) is 0 Å². The van der Waals surface area contributed by atoms with Crippen molar-refractivity contribution in [1.82, 2.24) is 9.13 Å². The number of aromatic nitrogens is 2. The molecule has 1 aliphatic carbocycles. The zero-order chi connectivity index (χ0) is 12.8. The van der Waals surface area contributed by atoms with Gasteiger partial charge in [0.1, 0.15) is 5.75 Å². The fraction of sp³-hybridized carbons (Fsp3) is 0.400. The van der Waals surface area contributed by atoms with Gasteiger partial charge in [-0.15, -0.1) is 0 Å². The number of para-hydroxylation sites is 1. The van der Waals surface area contributed by atoms with Crippen LogP contribution in [0.4, 0.5) is 0 Å². The van der Waals surface area contributed by atoms with Crippen molar-refractivity contribution in [3.8, 4) is 5.75 Å². The van der Waals surface area contributed by atoms with Gasteiger partial charge in [0.25, 0.3) is 0 Å². The average Bonchev–Trinajstić information content (AvgIpc) is 3.10. The maximum Gasteiger partial charge on any atom is 0.328 e. The summed E-state index contributed by atoms with van der Waals surface area (Å²) in [7, 11) is 0. The quantitative estimate of drug-likeness (QED) is 0.843. The molecule has 1 aromatic carbocycles. The smallest absolute Gasteiger partial charge is 0.328 e. The van der Waals surface area contributed by atoms with E-state index < -0.39 is 0 Å². The van der Waals surface area contributed by atoms with Crippen molar-refractivity contribution in [3.63, 3.8) is 0 Å². The Hall–Kier alpha value is -1.97. The van der Waals surface area contributed by atoms with Gasteiger partial charge in [-0.1, -0.05) is 18.2 Å². The normalized spacial score (nSPS) is 21.2. The van der Waals surface area contributed by atoms with E-state index in [2.05, 4.69) is 6.07 Å². The van der Waals surface area contributed by atoms with Crippen molar-refractivity contribution >= 4 is 0 Å². The molecule has 0 amide bonds. The molecule has 4 heteroatoms. The summed E-state index contributed by atoms with van der Waals surface area (Å²) < 4.78 is 9.34. The van der Waals surface area contributed by atoms with Gasteiger partial charge >= 0.3 is 5.69 Å². The number of nitrogens with zero attached hydrogens (tertiary/aromatic N) is 2. The molecule has 0 saturated heterocycles. The molecule has 2 aliphatic rings. The average molecular weight is 256 g/mol. The highest BCUT2D eigenvalue weighted by atomic mass is 16.5. The summed E-state index contributed by atoms with van der Waals surface area (Å²) in [6.45, 7) is 1.37. The molecule has 19 heavy (non-hydrogen) atoms. The monoisotopic (exact) mass is 256 g/mol. The van der Waals surface area contributed by atoms with Gasteiger partial charge in [-0.05, 0) is 18.9 Å². The number of hydrogen-bond acceptors (Lipinski definition) is 2. The first-order valence-electron chi connectivity index (χ1n) is 6.82. The van der Waals surface area contributed by atoms with E-state index in [0.29, 0.717) is 19.2 Å². The van der Waals surface area contributed by atoms with E-state index in [1.54, 1.807) is 0 Å². The first-order chi connectivity index (χ1) is 9.33. The summed E-state index contributed by atoms with van der Waals surface area (Å²) in [5, 5.41) is 0. The number of imidazole rings is 1. The molecule has 1 saturated carbocycles. The molecular weight excluding hydrogens is 240 g/mol. The number of ether oxygens (including phenoxy) is 1. The van der Waals surface area contributed by atoms with Crippen LogP contribution in [0, 0.1) is 0 Å². The third-order valence-electron chi connectivity index (χ3n) is 4.03. The second kappa shape index (κ2) is 4.02. The lowest BCUT2D eigenvalue weighted by atomic mass is 10.0. The summed E-state index contributed by atoms with van der Waals surface area (Å²) in [6, 6.07) is 8.54. The SMILES string of the molecule is O=c1n(CC2COc3ccccc32)ccn1C1CC1.